The van der Waals surface area contributed by atoms with Gasteiger partial charge in [-0.3, -0.25) is 9.97 Å². The summed E-state index contributed by atoms with van der Waals surface area (Å²) in [6, 6.07) is 5.81. The zero-order valence-corrected chi connectivity index (χ0v) is 10.6. The van der Waals surface area contributed by atoms with Crippen molar-refractivity contribution >= 4 is 11.6 Å². The summed E-state index contributed by atoms with van der Waals surface area (Å²) in [4.78, 5) is 8.51. The number of halogens is 1. The van der Waals surface area contributed by atoms with Crippen LogP contribution in [-0.4, -0.2) is 17.0 Å². The molecule has 0 aliphatic carbocycles. The fourth-order valence-electron chi connectivity index (χ4n) is 1.80. The Kier molecular flexibility index (Phi) is 3.71. The molecule has 2 aromatic heterocycles. The maximum Gasteiger partial charge on any atom is 0.0766 e. The van der Waals surface area contributed by atoms with E-state index in [0.717, 1.165) is 11.3 Å². The van der Waals surface area contributed by atoms with Gasteiger partial charge in [0.1, 0.15) is 0 Å². The molecule has 88 valence electrons. The van der Waals surface area contributed by atoms with Crippen molar-refractivity contribution in [2.45, 2.75) is 13.0 Å². The Balaban J connectivity index is 2.40. The summed E-state index contributed by atoms with van der Waals surface area (Å²) in [6.45, 7) is 2.07. The molecule has 1 atom stereocenters. The Hall–Kier alpha value is -1.45. The van der Waals surface area contributed by atoms with Crippen molar-refractivity contribution in [3.05, 3.63) is 58.6 Å². The normalized spacial score (nSPS) is 12.4. The minimum atomic E-state index is 0.0426. The lowest BCUT2D eigenvalue weighted by molar-refractivity contribution is 0.664. The molecule has 1 unspecified atom stereocenters. The lowest BCUT2D eigenvalue weighted by Crippen LogP contribution is -2.19. The third kappa shape index (κ3) is 2.62. The molecular weight excluding hydrogens is 234 g/mol. The Labute approximate surface area is 106 Å². The number of aromatic nitrogens is 2. The Morgan fingerprint density at radius 1 is 1.24 bits per heavy atom. The Bertz CT molecular complexity index is 496. The predicted octanol–water partition coefficient (Wildman–Crippen LogP) is 2.75. The molecule has 4 heteroatoms. The van der Waals surface area contributed by atoms with Gasteiger partial charge >= 0.3 is 0 Å². The van der Waals surface area contributed by atoms with Gasteiger partial charge < -0.3 is 5.32 Å². The number of pyridine rings is 2. The largest absolute Gasteiger partial charge is 0.308 e. The van der Waals surface area contributed by atoms with Crippen LogP contribution in [0.15, 0.2) is 36.8 Å². The molecule has 2 heterocycles. The highest BCUT2D eigenvalue weighted by Crippen LogP contribution is 2.22. The molecule has 1 N–H and O–H groups in total. The summed E-state index contributed by atoms with van der Waals surface area (Å²) >= 11 is 5.84. The number of hydrogen-bond donors (Lipinski definition) is 1. The van der Waals surface area contributed by atoms with Gasteiger partial charge in [-0.25, -0.2) is 0 Å². The standard InChI is InChI=1S/C13H14ClN3/c1-9-5-6-16-8-11(9)13(15-2)12-4-3-10(14)7-17-12/h3-8,13,15H,1-2H3. The molecule has 2 aromatic rings. The van der Waals surface area contributed by atoms with Gasteiger partial charge in [-0.05, 0) is 43.3 Å². The second-order valence-corrected chi connectivity index (χ2v) is 4.29. The maximum absolute atomic E-state index is 5.84. The summed E-state index contributed by atoms with van der Waals surface area (Å²) in [6.07, 6.45) is 5.32. The van der Waals surface area contributed by atoms with Crippen molar-refractivity contribution in [2.24, 2.45) is 0 Å². The van der Waals surface area contributed by atoms with E-state index in [4.69, 9.17) is 11.6 Å². The van der Waals surface area contributed by atoms with E-state index < -0.39 is 0 Å². The van der Waals surface area contributed by atoms with Crippen LogP contribution < -0.4 is 5.32 Å². The molecule has 0 saturated carbocycles. The van der Waals surface area contributed by atoms with Gasteiger partial charge in [-0.1, -0.05) is 11.6 Å². The third-order valence-corrected chi connectivity index (χ3v) is 2.95. The zero-order valence-electron chi connectivity index (χ0n) is 9.81. The van der Waals surface area contributed by atoms with Gasteiger partial charge in [-0.2, -0.15) is 0 Å². The molecule has 0 aromatic carbocycles. The van der Waals surface area contributed by atoms with Crippen molar-refractivity contribution in [3.63, 3.8) is 0 Å². The van der Waals surface area contributed by atoms with Gasteiger partial charge in [0.15, 0.2) is 0 Å². The van der Waals surface area contributed by atoms with E-state index in [9.17, 15) is 0 Å². The molecule has 0 aliphatic heterocycles. The number of aryl methyl sites for hydroxylation is 1. The van der Waals surface area contributed by atoms with Crippen LogP contribution in [0.5, 0.6) is 0 Å². The monoisotopic (exact) mass is 247 g/mol. The van der Waals surface area contributed by atoms with E-state index in [1.807, 2.05) is 31.4 Å². The van der Waals surface area contributed by atoms with Crippen LogP contribution >= 0.6 is 11.6 Å². The van der Waals surface area contributed by atoms with Crippen LogP contribution in [0.2, 0.25) is 5.02 Å². The van der Waals surface area contributed by atoms with Crippen LogP contribution in [0.4, 0.5) is 0 Å². The smallest absolute Gasteiger partial charge is 0.0766 e. The van der Waals surface area contributed by atoms with Crippen LogP contribution in [-0.2, 0) is 0 Å². The highest BCUT2D eigenvalue weighted by molar-refractivity contribution is 6.30. The molecule has 0 aliphatic rings. The third-order valence-electron chi connectivity index (χ3n) is 2.73. The van der Waals surface area contributed by atoms with Crippen LogP contribution in [0.25, 0.3) is 0 Å². The van der Waals surface area contributed by atoms with Crippen LogP contribution in [0.1, 0.15) is 22.9 Å². The van der Waals surface area contributed by atoms with Gasteiger partial charge in [0.05, 0.1) is 16.8 Å². The predicted molar refractivity (Wildman–Crippen MR) is 69.1 cm³/mol. The van der Waals surface area contributed by atoms with Gasteiger partial charge in [0.25, 0.3) is 0 Å². The summed E-state index contributed by atoms with van der Waals surface area (Å²) in [7, 11) is 1.91. The van der Waals surface area contributed by atoms with E-state index in [2.05, 4.69) is 22.2 Å². The van der Waals surface area contributed by atoms with Crippen molar-refractivity contribution in [1.82, 2.24) is 15.3 Å². The maximum atomic E-state index is 5.84. The lowest BCUT2D eigenvalue weighted by Gasteiger charge is -2.17. The number of rotatable bonds is 3. The van der Waals surface area contributed by atoms with E-state index in [-0.39, 0.29) is 6.04 Å². The second kappa shape index (κ2) is 5.25. The minimum absolute atomic E-state index is 0.0426. The Morgan fingerprint density at radius 3 is 2.65 bits per heavy atom. The zero-order chi connectivity index (χ0) is 12.3. The lowest BCUT2D eigenvalue weighted by atomic mass is 10.0. The van der Waals surface area contributed by atoms with Crippen molar-refractivity contribution in [1.29, 1.82) is 0 Å². The molecule has 0 spiro atoms. The van der Waals surface area contributed by atoms with E-state index in [1.54, 1.807) is 12.4 Å². The fraction of sp³-hybridized carbons (Fsp3) is 0.231. The van der Waals surface area contributed by atoms with Crippen molar-refractivity contribution < 1.29 is 0 Å². The number of hydrogen-bond acceptors (Lipinski definition) is 3. The first-order valence-corrected chi connectivity index (χ1v) is 5.79. The first-order chi connectivity index (χ1) is 8.22. The molecular formula is C13H14ClN3. The second-order valence-electron chi connectivity index (χ2n) is 3.86. The van der Waals surface area contributed by atoms with E-state index in [0.29, 0.717) is 5.02 Å². The van der Waals surface area contributed by atoms with E-state index in [1.165, 1.54) is 5.56 Å². The average molecular weight is 248 g/mol. The molecule has 17 heavy (non-hydrogen) atoms. The van der Waals surface area contributed by atoms with Crippen LogP contribution in [0, 0.1) is 6.92 Å². The summed E-state index contributed by atoms with van der Waals surface area (Å²) in [5, 5.41) is 3.89. The number of nitrogens with one attached hydrogen (secondary N) is 1. The first-order valence-electron chi connectivity index (χ1n) is 5.41. The van der Waals surface area contributed by atoms with Gasteiger partial charge in [-0.15, -0.1) is 0 Å². The number of nitrogens with zero attached hydrogens (tertiary/aromatic N) is 2. The highest BCUT2D eigenvalue weighted by atomic mass is 35.5. The molecule has 3 nitrogen and oxygen atoms in total. The summed E-state index contributed by atoms with van der Waals surface area (Å²) in [5.41, 5.74) is 3.26. The van der Waals surface area contributed by atoms with Gasteiger partial charge in [0, 0.05) is 18.6 Å². The van der Waals surface area contributed by atoms with Crippen LogP contribution in [0.3, 0.4) is 0 Å². The molecule has 0 saturated heterocycles. The van der Waals surface area contributed by atoms with Crippen molar-refractivity contribution in [3.8, 4) is 0 Å². The molecule has 2 rings (SSSR count). The first kappa shape index (κ1) is 12.0. The summed E-state index contributed by atoms with van der Waals surface area (Å²) < 4.78 is 0. The van der Waals surface area contributed by atoms with Crippen molar-refractivity contribution in [2.75, 3.05) is 7.05 Å². The fourth-order valence-corrected chi connectivity index (χ4v) is 1.91. The molecule has 0 amide bonds. The van der Waals surface area contributed by atoms with Gasteiger partial charge in [0.2, 0.25) is 0 Å². The average Bonchev–Trinajstić information content (AvgIpc) is 2.35. The summed E-state index contributed by atoms with van der Waals surface area (Å²) in [5.74, 6) is 0. The Morgan fingerprint density at radius 2 is 2.06 bits per heavy atom. The molecule has 0 bridgehead atoms. The topological polar surface area (TPSA) is 37.8 Å². The van der Waals surface area contributed by atoms with E-state index >= 15 is 0 Å². The molecule has 0 fully saturated rings. The minimum Gasteiger partial charge on any atom is -0.308 e. The quantitative estimate of drug-likeness (QED) is 0.906. The highest BCUT2D eigenvalue weighted by Gasteiger charge is 2.15. The molecule has 0 radical (unpaired) electrons. The SMILES string of the molecule is CNC(c1ccc(Cl)cn1)c1cnccc1C.